The second-order valence-electron chi connectivity index (χ2n) is 5.31. The average molecular weight is 295 g/mol. The molecule has 0 aliphatic carbocycles. The monoisotopic (exact) mass is 295 g/mol. The van der Waals surface area contributed by atoms with E-state index in [2.05, 4.69) is 21.8 Å². The molecule has 0 saturated carbocycles. The number of aromatic nitrogens is 2. The van der Waals surface area contributed by atoms with Gasteiger partial charge in [-0.1, -0.05) is 25.1 Å². The number of piperidine rings is 1. The lowest BCUT2D eigenvalue weighted by molar-refractivity contribution is 0.0285. The van der Waals surface area contributed by atoms with Gasteiger partial charge in [0.05, 0.1) is 6.10 Å². The molecule has 0 aromatic carbocycles. The van der Waals surface area contributed by atoms with Gasteiger partial charge in [0.1, 0.15) is 0 Å². The molecule has 1 aliphatic heterocycles. The lowest BCUT2D eigenvalue weighted by Gasteiger charge is -2.31. The van der Waals surface area contributed by atoms with Gasteiger partial charge in [-0.3, -0.25) is 4.90 Å². The van der Waals surface area contributed by atoms with Gasteiger partial charge in [0.15, 0.2) is 5.16 Å². The van der Waals surface area contributed by atoms with Crippen molar-refractivity contribution in [3.63, 3.8) is 0 Å². The standard InChI is InChI=1S/C15H25N3OS/c1-3-4-8-20-15-16-9-13(10-17-15)11-18-7-5-6-14(12-18)19-2/h9-10,14H,3-8,11-12H2,1-2H3/t14-/m0/s1. The summed E-state index contributed by atoms with van der Waals surface area (Å²) in [5.74, 6) is 1.11. The summed E-state index contributed by atoms with van der Waals surface area (Å²) >= 11 is 1.75. The summed E-state index contributed by atoms with van der Waals surface area (Å²) < 4.78 is 5.46. The maximum Gasteiger partial charge on any atom is 0.187 e. The van der Waals surface area contributed by atoms with E-state index in [-0.39, 0.29) is 0 Å². The zero-order valence-electron chi connectivity index (χ0n) is 12.5. The Morgan fingerprint density at radius 3 is 2.90 bits per heavy atom. The van der Waals surface area contributed by atoms with E-state index < -0.39 is 0 Å². The van der Waals surface area contributed by atoms with Gasteiger partial charge in [0.2, 0.25) is 0 Å². The minimum atomic E-state index is 0.383. The van der Waals surface area contributed by atoms with Crippen LogP contribution in [0.15, 0.2) is 17.6 Å². The highest BCUT2D eigenvalue weighted by Crippen LogP contribution is 2.17. The molecule has 20 heavy (non-hydrogen) atoms. The van der Waals surface area contributed by atoms with E-state index in [0.29, 0.717) is 6.10 Å². The predicted octanol–water partition coefficient (Wildman–Crippen LogP) is 2.98. The molecule has 0 unspecified atom stereocenters. The molecule has 1 aromatic rings. The molecule has 4 nitrogen and oxygen atoms in total. The van der Waals surface area contributed by atoms with Gasteiger partial charge in [-0.15, -0.1) is 0 Å². The van der Waals surface area contributed by atoms with E-state index in [1.54, 1.807) is 18.9 Å². The zero-order chi connectivity index (χ0) is 14.2. The fraction of sp³-hybridized carbons (Fsp3) is 0.733. The van der Waals surface area contributed by atoms with E-state index in [4.69, 9.17) is 4.74 Å². The van der Waals surface area contributed by atoms with Crippen LogP contribution in [-0.4, -0.2) is 46.9 Å². The number of rotatable bonds is 7. The van der Waals surface area contributed by atoms with Crippen molar-refractivity contribution in [3.8, 4) is 0 Å². The summed E-state index contributed by atoms with van der Waals surface area (Å²) in [5.41, 5.74) is 1.20. The summed E-state index contributed by atoms with van der Waals surface area (Å²) in [7, 11) is 1.81. The maximum atomic E-state index is 5.46. The highest BCUT2D eigenvalue weighted by Gasteiger charge is 2.19. The Balaban J connectivity index is 1.80. The Morgan fingerprint density at radius 2 is 2.20 bits per heavy atom. The molecular weight excluding hydrogens is 270 g/mol. The zero-order valence-corrected chi connectivity index (χ0v) is 13.4. The third-order valence-electron chi connectivity index (χ3n) is 3.61. The number of hydrogen-bond acceptors (Lipinski definition) is 5. The first-order chi connectivity index (χ1) is 9.81. The molecule has 2 rings (SSSR count). The van der Waals surface area contributed by atoms with Crippen molar-refractivity contribution in [3.05, 3.63) is 18.0 Å². The first-order valence-corrected chi connectivity index (χ1v) is 8.49. The van der Waals surface area contributed by atoms with Crippen molar-refractivity contribution in [2.75, 3.05) is 26.0 Å². The van der Waals surface area contributed by atoms with Crippen LogP contribution < -0.4 is 0 Å². The Morgan fingerprint density at radius 1 is 1.40 bits per heavy atom. The van der Waals surface area contributed by atoms with Gasteiger partial charge in [-0.05, 0) is 25.8 Å². The minimum absolute atomic E-state index is 0.383. The summed E-state index contributed by atoms with van der Waals surface area (Å²) in [4.78, 5) is 11.3. The fourth-order valence-corrected chi connectivity index (χ4v) is 3.28. The highest BCUT2D eigenvalue weighted by molar-refractivity contribution is 7.99. The Hall–Kier alpha value is -0.650. The largest absolute Gasteiger partial charge is 0.380 e. The van der Waals surface area contributed by atoms with E-state index in [0.717, 1.165) is 30.5 Å². The number of unbranched alkanes of at least 4 members (excludes halogenated alkanes) is 1. The van der Waals surface area contributed by atoms with Crippen LogP contribution in [0.25, 0.3) is 0 Å². The van der Waals surface area contributed by atoms with Crippen molar-refractivity contribution in [1.29, 1.82) is 0 Å². The number of methoxy groups -OCH3 is 1. The first-order valence-electron chi connectivity index (χ1n) is 7.50. The van der Waals surface area contributed by atoms with Crippen LogP contribution in [0.2, 0.25) is 0 Å². The molecule has 5 heteroatoms. The van der Waals surface area contributed by atoms with E-state index in [1.165, 1.54) is 31.2 Å². The van der Waals surface area contributed by atoms with Crippen molar-refractivity contribution in [1.82, 2.24) is 14.9 Å². The van der Waals surface area contributed by atoms with Crippen LogP contribution in [0.1, 0.15) is 38.2 Å². The number of thioether (sulfide) groups is 1. The van der Waals surface area contributed by atoms with Crippen molar-refractivity contribution >= 4 is 11.8 Å². The highest BCUT2D eigenvalue weighted by atomic mass is 32.2. The van der Waals surface area contributed by atoms with Gasteiger partial charge in [0, 0.05) is 43.9 Å². The van der Waals surface area contributed by atoms with Gasteiger partial charge in [-0.25, -0.2) is 9.97 Å². The Labute approximate surface area is 126 Å². The topological polar surface area (TPSA) is 38.2 Å². The van der Waals surface area contributed by atoms with E-state index in [1.807, 2.05) is 12.4 Å². The SMILES string of the molecule is CCCCSc1ncc(CN2CCC[C@H](OC)C2)cn1. The van der Waals surface area contributed by atoms with Crippen molar-refractivity contribution < 1.29 is 4.74 Å². The second kappa shape index (κ2) is 8.60. The molecule has 1 aliphatic rings. The molecule has 0 bridgehead atoms. The smallest absolute Gasteiger partial charge is 0.187 e. The average Bonchev–Trinajstić information content (AvgIpc) is 2.49. The van der Waals surface area contributed by atoms with Crippen LogP contribution >= 0.6 is 11.8 Å². The molecule has 0 radical (unpaired) electrons. The Bertz CT molecular complexity index is 385. The number of nitrogens with zero attached hydrogens (tertiary/aromatic N) is 3. The van der Waals surface area contributed by atoms with Gasteiger partial charge in [0.25, 0.3) is 0 Å². The van der Waals surface area contributed by atoms with Crippen LogP contribution in [0, 0.1) is 0 Å². The molecule has 0 amide bonds. The van der Waals surface area contributed by atoms with Gasteiger partial charge in [-0.2, -0.15) is 0 Å². The lowest BCUT2D eigenvalue weighted by atomic mass is 10.1. The van der Waals surface area contributed by atoms with Crippen LogP contribution in [-0.2, 0) is 11.3 Å². The van der Waals surface area contributed by atoms with E-state index in [9.17, 15) is 0 Å². The molecule has 112 valence electrons. The molecule has 0 N–H and O–H groups in total. The second-order valence-corrected chi connectivity index (χ2v) is 6.37. The maximum absolute atomic E-state index is 5.46. The molecule has 1 aromatic heterocycles. The summed E-state index contributed by atoms with van der Waals surface area (Å²) in [6.45, 7) is 5.30. The van der Waals surface area contributed by atoms with Crippen molar-refractivity contribution in [2.24, 2.45) is 0 Å². The molecule has 2 heterocycles. The summed E-state index contributed by atoms with van der Waals surface area (Å²) in [6.07, 6.45) is 9.16. The fourth-order valence-electron chi connectivity index (χ4n) is 2.41. The lowest BCUT2D eigenvalue weighted by Crippen LogP contribution is -2.38. The molecular formula is C15H25N3OS. The van der Waals surface area contributed by atoms with Crippen LogP contribution in [0.5, 0.6) is 0 Å². The third kappa shape index (κ3) is 5.04. The molecule has 1 atom stereocenters. The van der Waals surface area contributed by atoms with E-state index >= 15 is 0 Å². The van der Waals surface area contributed by atoms with Crippen LogP contribution in [0.4, 0.5) is 0 Å². The number of ether oxygens (including phenoxy) is 1. The van der Waals surface area contributed by atoms with Gasteiger partial charge < -0.3 is 4.74 Å². The molecule has 1 saturated heterocycles. The van der Waals surface area contributed by atoms with Crippen molar-refractivity contribution in [2.45, 2.75) is 50.4 Å². The van der Waals surface area contributed by atoms with Gasteiger partial charge >= 0.3 is 0 Å². The molecule has 1 fully saturated rings. The normalized spacial score (nSPS) is 20.2. The Kier molecular flexibility index (Phi) is 6.76. The molecule has 0 spiro atoms. The quantitative estimate of drug-likeness (QED) is 0.439. The summed E-state index contributed by atoms with van der Waals surface area (Å²) in [6, 6.07) is 0. The van der Waals surface area contributed by atoms with Crippen LogP contribution in [0.3, 0.4) is 0 Å². The third-order valence-corrected chi connectivity index (χ3v) is 4.57. The predicted molar refractivity (Wildman–Crippen MR) is 83.0 cm³/mol. The number of hydrogen-bond donors (Lipinski definition) is 0. The minimum Gasteiger partial charge on any atom is -0.380 e. The summed E-state index contributed by atoms with van der Waals surface area (Å²) in [5, 5.41) is 0.899. The first kappa shape index (κ1) is 15.7. The number of likely N-dealkylation sites (tertiary alicyclic amines) is 1.